The first-order chi connectivity index (χ1) is 14.9. The summed E-state index contributed by atoms with van der Waals surface area (Å²) in [5, 5.41) is 20.8. The Morgan fingerprint density at radius 2 is 1.61 bits per heavy atom. The molecule has 8 nitrogen and oxygen atoms in total. The zero-order valence-corrected chi connectivity index (χ0v) is 17.1. The van der Waals surface area contributed by atoms with E-state index in [-0.39, 0.29) is 17.3 Å². The minimum absolute atomic E-state index is 0.0679. The maximum atomic E-state index is 12.2. The first-order valence-corrected chi connectivity index (χ1v) is 9.84. The van der Waals surface area contributed by atoms with Crippen LogP contribution in [0.1, 0.15) is 5.56 Å². The second-order valence-corrected chi connectivity index (χ2v) is 7.40. The van der Waals surface area contributed by atoms with E-state index in [1.165, 1.54) is 17.1 Å². The smallest absolute Gasteiger partial charge is 0.328 e. The number of hydrogen-bond acceptors (Lipinski definition) is 6. The highest BCUT2D eigenvalue weighted by molar-refractivity contribution is 7.80. The fourth-order valence-corrected chi connectivity index (χ4v) is 3.44. The van der Waals surface area contributed by atoms with Crippen LogP contribution in [0.2, 0.25) is 0 Å². The summed E-state index contributed by atoms with van der Waals surface area (Å²) in [5.74, 6) is -0.962. The summed E-state index contributed by atoms with van der Waals surface area (Å²) in [7, 11) is 0. The molecule has 1 atom stereocenters. The quantitative estimate of drug-likeness (QED) is 0.206. The SMILES string of the molecule is NC(=S)NN(c1ccc2nc3ccccc3nc2c1)C(Cc1ccc(O)cc1)C(=O)O. The number of nitrogens with one attached hydrogen (secondary N) is 1. The van der Waals surface area contributed by atoms with Gasteiger partial charge in [0, 0.05) is 6.42 Å². The Hall–Kier alpha value is -3.98. The fraction of sp³-hybridized carbons (Fsp3) is 0.0909. The van der Waals surface area contributed by atoms with Crippen molar-refractivity contribution in [2.45, 2.75) is 12.5 Å². The van der Waals surface area contributed by atoms with Gasteiger partial charge < -0.3 is 15.9 Å². The van der Waals surface area contributed by atoms with Crippen LogP contribution in [-0.2, 0) is 11.2 Å². The number of anilines is 1. The number of phenols is 1. The van der Waals surface area contributed by atoms with E-state index >= 15 is 0 Å². The van der Waals surface area contributed by atoms with Crippen molar-refractivity contribution in [3.8, 4) is 5.75 Å². The largest absolute Gasteiger partial charge is 0.508 e. The van der Waals surface area contributed by atoms with Crippen LogP contribution in [0.15, 0.2) is 66.7 Å². The molecule has 1 unspecified atom stereocenters. The number of phenolic OH excluding ortho intramolecular Hbond substituents is 1. The van der Waals surface area contributed by atoms with Gasteiger partial charge in [-0.25, -0.2) is 14.8 Å². The van der Waals surface area contributed by atoms with E-state index in [1.807, 2.05) is 24.3 Å². The second kappa shape index (κ2) is 8.41. The van der Waals surface area contributed by atoms with Gasteiger partial charge in [-0.3, -0.25) is 10.4 Å². The topological polar surface area (TPSA) is 125 Å². The van der Waals surface area contributed by atoms with Gasteiger partial charge in [-0.15, -0.1) is 0 Å². The number of carbonyl (C=O) groups is 1. The van der Waals surface area contributed by atoms with Crippen LogP contribution in [0.25, 0.3) is 22.1 Å². The Morgan fingerprint density at radius 1 is 1.00 bits per heavy atom. The van der Waals surface area contributed by atoms with E-state index in [0.29, 0.717) is 16.7 Å². The minimum Gasteiger partial charge on any atom is -0.508 e. The monoisotopic (exact) mass is 433 g/mol. The van der Waals surface area contributed by atoms with Crippen LogP contribution in [0.4, 0.5) is 5.69 Å². The molecule has 9 heteroatoms. The number of nitrogens with two attached hydrogens (primary N) is 1. The predicted molar refractivity (Wildman–Crippen MR) is 123 cm³/mol. The summed E-state index contributed by atoms with van der Waals surface area (Å²) in [6.45, 7) is 0. The van der Waals surface area contributed by atoms with Crippen LogP contribution < -0.4 is 16.2 Å². The van der Waals surface area contributed by atoms with Crippen molar-refractivity contribution in [3.05, 3.63) is 72.3 Å². The third-order valence-corrected chi connectivity index (χ3v) is 4.88. The normalized spacial score (nSPS) is 11.9. The highest BCUT2D eigenvalue weighted by Crippen LogP contribution is 2.24. The van der Waals surface area contributed by atoms with Crippen molar-refractivity contribution < 1.29 is 15.0 Å². The van der Waals surface area contributed by atoms with Gasteiger partial charge in [0.25, 0.3) is 0 Å². The Balaban J connectivity index is 1.76. The number of aromatic hydroxyl groups is 1. The van der Waals surface area contributed by atoms with Crippen LogP contribution in [0.5, 0.6) is 5.75 Å². The lowest BCUT2D eigenvalue weighted by molar-refractivity contribution is -0.138. The lowest BCUT2D eigenvalue weighted by atomic mass is 10.0. The Bertz CT molecular complexity index is 1280. The van der Waals surface area contributed by atoms with Gasteiger partial charge in [-0.1, -0.05) is 24.3 Å². The average molecular weight is 433 g/mol. The van der Waals surface area contributed by atoms with Crippen molar-refractivity contribution in [2.75, 3.05) is 5.01 Å². The first-order valence-electron chi connectivity index (χ1n) is 9.43. The number of aliphatic carboxylic acids is 1. The first kappa shape index (κ1) is 20.3. The Kier molecular flexibility index (Phi) is 5.50. The van der Waals surface area contributed by atoms with Gasteiger partial charge in [0.1, 0.15) is 5.75 Å². The minimum atomic E-state index is -1.07. The van der Waals surface area contributed by atoms with E-state index in [4.69, 9.17) is 18.0 Å². The predicted octanol–water partition coefficient (Wildman–Crippen LogP) is 2.74. The summed E-state index contributed by atoms with van der Waals surface area (Å²) in [4.78, 5) is 21.4. The van der Waals surface area contributed by atoms with E-state index in [2.05, 4.69) is 15.4 Å². The van der Waals surface area contributed by atoms with Crippen LogP contribution >= 0.6 is 12.2 Å². The molecule has 1 aromatic heterocycles. The summed E-state index contributed by atoms with van der Waals surface area (Å²) < 4.78 is 0. The number of carboxylic acids is 1. The van der Waals surface area contributed by atoms with E-state index in [0.717, 1.165) is 16.6 Å². The van der Waals surface area contributed by atoms with Gasteiger partial charge in [0.2, 0.25) is 0 Å². The molecule has 4 aromatic rings. The molecule has 1 heterocycles. The number of aromatic nitrogens is 2. The molecule has 0 aliphatic heterocycles. The molecule has 0 amide bonds. The van der Waals surface area contributed by atoms with Crippen molar-refractivity contribution in [2.24, 2.45) is 5.73 Å². The average Bonchev–Trinajstić information content (AvgIpc) is 2.75. The summed E-state index contributed by atoms with van der Waals surface area (Å²) in [6, 6.07) is 18.1. The third kappa shape index (κ3) is 4.46. The van der Waals surface area contributed by atoms with Crippen molar-refractivity contribution >= 4 is 51.1 Å². The number of thiocarbonyl (C=S) groups is 1. The van der Waals surface area contributed by atoms with Gasteiger partial charge in [0.05, 0.1) is 27.8 Å². The third-order valence-electron chi connectivity index (χ3n) is 4.79. The number of benzene rings is 3. The molecule has 5 N–H and O–H groups in total. The molecule has 31 heavy (non-hydrogen) atoms. The Labute approximate surface area is 182 Å². The zero-order valence-electron chi connectivity index (χ0n) is 16.3. The molecule has 4 rings (SSSR count). The van der Waals surface area contributed by atoms with Crippen LogP contribution in [-0.4, -0.2) is 37.3 Å². The number of para-hydroxylation sites is 2. The maximum Gasteiger partial charge on any atom is 0.328 e. The molecule has 0 radical (unpaired) electrons. The summed E-state index contributed by atoms with van der Waals surface area (Å²) in [6.07, 6.45) is 0.145. The number of fused-ring (bicyclic) bond motifs is 2. The van der Waals surface area contributed by atoms with Crippen molar-refractivity contribution in [1.29, 1.82) is 0 Å². The highest BCUT2D eigenvalue weighted by atomic mass is 32.1. The molecule has 0 bridgehead atoms. The van der Waals surface area contributed by atoms with Crippen LogP contribution in [0, 0.1) is 0 Å². The summed E-state index contributed by atoms with van der Waals surface area (Å²) >= 11 is 4.99. The van der Waals surface area contributed by atoms with E-state index in [9.17, 15) is 15.0 Å². The molecule has 156 valence electrons. The number of hydrazine groups is 1. The number of rotatable bonds is 6. The maximum absolute atomic E-state index is 12.2. The fourth-order valence-electron chi connectivity index (χ4n) is 3.34. The van der Waals surface area contributed by atoms with Gasteiger partial charge in [0.15, 0.2) is 11.2 Å². The number of carboxylic acid groups (broad SMARTS) is 1. The van der Waals surface area contributed by atoms with Gasteiger partial charge >= 0.3 is 5.97 Å². The number of nitrogens with zero attached hydrogens (tertiary/aromatic N) is 3. The van der Waals surface area contributed by atoms with Gasteiger partial charge in [-0.2, -0.15) is 0 Å². The second-order valence-electron chi connectivity index (χ2n) is 6.96. The molecule has 0 saturated carbocycles. The standard InChI is InChI=1S/C22H19N5O3S/c23-22(31)26-27(20(21(29)30)11-13-5-8-15(28)9-6-13)14-7-10-18-19(12-14)25-17-4-2-1-3-16(17)24-18/h1-10,12,20,28H,11H2,(H,29,30)(H3,23,26,31). The lowest BCUT2D eigenvalue weighted by Gasteiger charge is -2.31. The molecule has 0 aliphatic carbocycles. The van der Waals surface area contributed by atoms with Crippen LogP contribution in [0.3, 0.4) is 0 Å². The molecule has 3 aromatic carbocycles. The van der Waals surface area contributed by atoms with Crippen molar-refractivity contribution in [1.82, 2.24) is 15.4 Å². The molecule has 0 aliphatic rings. The molecule has 0 fully saturated rings. The lowest BCUT2D eigenvalue weighted by Crippen LogP contribution is -2.54. The molecule has 0 spiro atoms. The van der Waals surface area contributed by atoms with E-state index < -0.39 is 12.0 Å². The molecular formula is C22H19N5O3S. The summed E-state index contributed by atoms with van der Waals surface area (Å²) in [5.41, 5.74) is 12.5. The zero-order chi connectivity index (χ0) is 22.0. The van der Waals surface area contributed by atoms with E-state index in [1.54, 1.807) is 30.3 Å². The molecule has 0 saturated heterocycles. The number of hydrogen-bond donors (Lipinski definition) is 4. The van der Waals surface area contributed by atoms with Gasteiger partial charge in [-0.05, 0) is 60.2 Å². The van der Waals surface area contributed by atoms with Crippen molar-refractivity contribution in [3.63, 3.8) is 0 Å². The molecular weight excluding hydrogens is 414 g/mol. The Morgan fingerprint density at radius 3 is 2.23 bits per heavy atom. The highest BCUT2D eigenvalue weighted by Gasteiger charge is 2.27.